The first-order valence-corrected chi connectivity index (χ1v) is 7.97. The standard InChI is InChI=1S/C15H18BrNOS/c1-3-18-13-6-4-5-12(7-13)9-17-10-14-8-15(16)11(2)19-14/h4-8,17H,3,9-10H2,1-2H3. The van der Waals surface area contributed by atoms with E-state index in [1.54, 1.807) is 0 Å². The second kappa shape index (κ2) is 7.08. The smallest absolute Gasteiger partial charge is 0.119 e. The molecule has 2 aromatic rings. The molecule has 0 saturated carbocycles. The van der Waals surface area contributed by atoms with Crippen molar-refractivity contribution in [1.29, 1.82) is 0 Å². The van der Waals surface area contributed by atoms with E-state index in [-0.39, 0.29) is 0 Å². The van der Waals surface area contributed by atoms with E-state index in [0.717, 1.165) is 18.8 Å². The van der Waals surface area contributed by atoms with Crippen molar-refractivity contribution < 1.29 is 4.74 Å². The van der Waals surface area contributed by atoms with Gasteiger partial charge in [-0.15, -0.1) is 11.3 Å². The molecular formula is C15H18BrNOS. The van der Waals surface area contributed by atoms with E-state index in [4.69, 9.17) is 4.74 Å². The monoisotopic (exact) mass is 339 g/mol. The summed E-state index contributed by atoms with van der Waals surface area (Å²) in [4.78, 5) is 2.68. The summed E-state index contributed by atoms with van der Waals surface area (Å²) in [5, 5.41) is 3.46. The molecule has 0 aliphatic heterocycles. The van der Waals surface area contributed by atoms with Gasteiger partial charge in [-0.1, -0.05) is 12.1 Å². The van der Waals surface area contributed by atoms with Crippen LogP contribution in [0.2, 0.25) is 0 Å². The van der Waals surface area contributed by atoms with E-state index >= 15 is 0 Å². The Bertz CT molecular complexity index is 519. The van der Waals surface area contributed by atoms with E-state index in [2.05, 4.69) is 46.4 Å². The van der Waals surface area contributed by atoms with Crippen LogP contribution < -0.4 is 10.1 Å². The summed E-state index contributed by atoms with van der Waals surface area (Å²) < 4.78 is 6.70. The summed E-state index contributed by atoms with van der Waals surface area (Å²) in [6.07, 6.45) is 0. The molecule has 2 nitrogen and oxygen atoms in total. The summed E-state index contributed by atoms with van der Waals surface area (Å²) in [7, 11) is 0. The Morgan fingerprint density at radius 2 is 2.11 bits per heavy atom. The summed E-state index contributed by atoms with van der Waals surface area (Å²) in [6, 6.07) is 10.4. The third-order valence-corrected chi connectivity index (χ3v) is 4.88. The van der Waals surface area contributed by atoms with Crippen LogP contribution in [0.4, 0.5) is 0 Å². The molecule has 0 bridgehead atoms. The lowest BCUT2D eigenvalue weighted by Gasteiger charge is -2.07. The first-order chi connectivity index (χ1) is 9.19. The number of aryl methyl sites for hydroxylation is 1. The molecule has 1 heterocycles. The molecule has 0 aliphatic rings. The third kappa shape index (κ3) is 4.34. The van der Waals surface area contributed by atoms with E-state index in [1.165, 1.54) is 19.8 Å². The van der Waals surface area contributed by atoms with Crippen LogP contribution in [0, 0.1) is 6.92 Å². The minimum atomic E-state index is 0.708. The maximum atomic E-state index is 5.50. The summed E-state index contributed by atoms with van der Waals surface area (Å²) >= 11 is 5.37. The van der Waals surface area contributed by atoms with Crippen molar-refractivity contribution in [2.45, 2.75) is 26.9 Å². The van der Waals surface area contributed by atoms with Gasteiger partial charge in [-0.2, -0.15) is 0 Å². The largest absolute Gasteiger partial charge is 0.494 e. The predicted octanol–water partition coefficient (Wildman–Crippen LogP) is 4.51. The Labute approximate surface area is 126 Å². The summed E-state index contributed by atoms with van der Waals surface area (Å²) in [6.45, 7) is 6.59. The third-order valence-electron chi connectivity index (χ3n) is 2.75. The zero-order chi connectivity index (χ0) is 13.7. The van der Waals surface area contributed by atoms with Crippen molar-refractivity contribution in [3.05, 3.63) is 50.1 Å². The molecule has 2 rings (SSSR count). The highest BCUT2D eigenvalue weighted by Crippen LogP contribution is 2.26. The Morgan fingerprint density at radius 3 is 2.79 bits per heavy atom. The minimum absolute atomic E-state index is 0.708. The Hall–Kier alpha value is -0.840. The molecule has 0 amide bonds. The molecule has 1 aromatic heterocycles. The quantitative estimate of drug-likeness (QED) is 0.836. The number of thiophene rings is 1. The van der Waals surface area contributed by atoms with Crippen molar-refractivity contribution in [2.75, 3.05) is 6.61 Å². The second-order valence-electron chi connectivity index (χ2n) is 4.30. The molecule has 0 radical (unpaired) electrons. The average Bonchev–Trinajstić information content (AvgIpc) is 2.70. The molecule has 0 spiro atoms. The van der Waals surface area contributed by atoms with Crippen LogP contribution in [0.5, 0.6) is 5.75 Å². The number of rotatable bonds is 6. The van der Waals surface area contributed by atoms with Crippen molar-refractivity contribution in [3.63, 3.8) is 0 Å². The first-order valence-electron chi connectivity index (χ1n) is 6.36. The number of nitrogens with one attached hydrogen (secondary N) is 1. The summed E-state index contributed by atoms with van der Waals surface area (Å²) in [5.74, 6) is 0.941. The Kier molecular flexibility index (Phi) is 5.43. The SMILES string of the molecule is CCOc1cccc(CNCc2cc(Br)c(C)s2)c1. The molecule has 0 saturated heterocycles. The molecule has 0 aliphatic carbocycles. The minimum Gasteiger partial charge on any atom is -0.494 e. The highest BCUT2D eigenvalue weighted by Gasteiger charge is 2.02. The fourth-order valence-electron chi connectivity index (χ4n) is 1.85. The molecule has 0 fully saturated rings. The van der Waals surface area contributed by atoms with E-state index < -0.39 is 0 Å². The van der Waals surface area contributed by atoms with Crippen molar-refractivity contribution in [2.24, 2.45) is 0 Å². The van der Waals surface area contributed by atoms with Gasteiger partial charge in [0, 0.05) is 27.3 Å². The fraction of sp³-hybridized carbons (Fsp3) is 0.333. The van der Waals surface area contributed by atoms with Crippen LogP contribution in [-0.4, -0.2) is 6.61 Å². The lowest BCUT2D eigenvalue weighted by Crippen LogP contribution is -2.11. The van der Waals surface area contributed by atoms with Gasteiger partial charge in [0.2, 0.25) is 0 Å². The molecular weight excluding hydrogens is 322 g/mol. The van der Waals surface area contributed by atoms with Crippen LogP contribution in [-0.2, 0) is 13.1 Å². The zero-order valence-corrected chi connectivity index (χ0v) is 13.6. The zero-order valence-electron chi connectivity index (χ0n) is 11.2. The van der Waals surface area contributed by atoms with Gasteiger partial charge in [-0.25, -0.2) is 0 Å². The molecule has 0 atom stereocenters. The molecule has 102 valence electrons. The van der Waals surface area contributed by atoms with Crippen molar-refractivity contribution >= 4 is 27.3 Å². The Morgan fingerprint density at radius 1 is 1.26 bits per heavy atom. The number of halogens is 1. The van der Waals surface area contributed by atoms with Gasteiger partial charge in [-0.05, 0) is 53.5 Å². The number of hydrogen-bond acceptors (Lipinski definition) is 3. The van der Waals surface area contributed by atoms with Crippen LogP contribution >= 0.6 is 27.3 Å². The maximum Gasteiger partial charge on any atom is 0.119 e. The van der Waals surface area contributed by atoms with Crippen LogP contribution in [0.15, 0.2) is 34.8 Å². The first kappa shape index (κ1) is 14.6. The van der Waals surface area contributed by atoms with E-state index in [1.807, 2.05) is 30.4 Å². The van der Waals surface area contributed by atoms with Gasteiger partial charge in [0.1, 0.15) is 5.75 Å². The lowest BCUT2D eigenvalue weighted by molar-refractivity contribution is 0.340. The topological polar surface area (TPSA) is 21.3 Å². The van der Waals surface area contributed by atoms with Gasteiger partial charge in [0.25, 0.3) is 0 Å². The maximum absolute atomic E-state index is 5.50. The van der Waals surface area contributed by atoms with Gasteiger partial charge < -0.3 is 10.1 Å². The van der Waals surface area contributed by atoms with Crippen LogP contribution in [0.1, 0.15) is 22.2 Å². The predicted molar refractivity (Wildman–Crippen MR) is 84.9 cm³/mol. The average molecular weight is 340 g/mol. The molecule has 0 unspecified atom stereocenters. The van der Waals surface area contributed by atoms with Crippen LogP contribution in [0.25, 0.3) is 0 Å². The van der Waals surface area contributed by atoms with E-state index in [9.17, 15) is 0 Å². The fourth-order valence-corrected chi connectivity index (χ4v) is 3.42. The normalized spacial score (nSPS) is 10.7. The lowest BCUT2D eigenvalue weighted by atomic mass is 10.2. The van der Waals surface area contributed by atoms with Crippen LogP contribution in [0.3, 0.4) is 0 Å². The molecule has 1 N–H and O–H groups in total. The van der Waals surface area contributed by atoms with Gasteiger partial charge in [0.15, 0.2) is 0 Å². The molecule has 4 heteroatoms. The number of ether oxygens (including phenoxy) is 1. The van der Waals surface area contributed by atoms with Gasteiger partial charge in [-0.3, -0.25) is 0 Å². The molecule has 1 aromatic carbocycles. The molecule has 19 heavy (non-hydrogen) atoms. The number of hydrogen-bond donors (Lipinski definition) is 1. The van der Waals surface area contributed by atoms with Crippen molar-refractivity contribution in [3.8, 4) is 5.75 Å². The Balaban J connectivity index is 1.86. The highest BCUT2D eigenvalue weighted by atomic mass is 79.9. The van der Waals surface area contributed by atoms with Gasteiger partial charge >= 0.3 is 0 Å². The summed E-state index contributed by atoms with van der Waals surface area (Å²) in [5.41, 5.74) is 1.25. The van der Waals surface area contributed by atoms with Crippen molar-refractivity contribution in [1.82, 2.24) is 5.32 Å². The van der Waals surface area contributed by atoms with Gasteiger partial charge in [0.05, 0.1) is 6.61 Å². The highest BCUT2D eigenvalue weighted by molar-refractivity contribution is 9.10. The number of benzene rings is 1. The second-order valence-corrected chi connectivity index (χ2v) is 6.50. The van der Waals surface area contributed by atoms with E-state index in [0.29, 0.717) is 6.61 Å².